The van der Waals surface area contributed by atoms with Crippen LogP contribution in [0.5, 0.6) is 0 Å². The van der Waals surface area contributed by atoms with E-state index in [4.69, 9.17) is 24.7 Å². The molecule has 10 heteroatoms. The van der Waals surface area contributed by atoms with Gasteiger partial charge >= 0.3 is 17.9 Å². The Morgan fingerprint density at radius 2 is 1.47 bits per heavy atom. The minimum absolute atomic E-state index is 0.0143. The molecule has 1 heterocycles. The molecule has 1 aliphatic rings. The first-order valence-corrected chi connectivity index (χ1v) is 12.3. The fourth-order valence-electron chi connectivity index (χ4n) is 3.68. The summed E-state index contributed by atoms with van der Waals surface area (Å²) >= 11 is 0. The highest BCUT2D eigenvalue weighted by Gasteiger charge is 2.50. The van der Waals surface area contributed by atoms with Gasteiger partial charge in [-0.2, -0.15) is 0 Å². The van der Waals surface area contributed by atoms with Gasteiger partial charge in [-0.25, -0.2) is 9.59 Å². The molecule has 1 saturated heterocycles. The molecular weight excluding hydrogens is 442 g/mol. The molecule has 2 N–H and O–H groups in total. The molecular formula is C24H45N3O7. The van der Waals surface area contributed by atoms with Gasteiger partial charge in [-0.3, -0.25) is 14.6 Å². The summed E-state index contributed by atoms with van der Waals surface area (Å²) < 4.78 is 21.7. The predicted molar refractivity (Wildman–Crippen MR) is 128 cm³/mol. The normalized spacial score (nSPS) is 16.9. The van der Waals surface area contributed by atoms with E-state index in [1.165, 1.54) is 0 Å². The highest BCUT2D eigenvalue weighted by Crippen LogP contribution is 2.25. The lowest BCUT2D eigenvalue weighted by Gasteiger charge is -2.37. The number of carbonyl (C=O) groups is 3. The number of piperazine rings is 1. The molecule has 34 heavy (non-hydrogen) atoms. The van der Waals surface area contributed by atoms with Crippen molar-refractivity contribution in [2.45, 2.75) is 84.6 Å². The molecule has 10 nitrogen and oxygen atoms in total. The van der Waals surface area contributed by atoms with Crippen molar-refractivity contribution in [2.24, 2.45) is 5.73 Å². The van der Waals surface area contributed by atoms with Gasteiger partial charge in [0.1, 0.15) is 11.6 Å². The summed E-state index contributed by atoms with van der Waals surface area (Å²) in [5.74, 6) is -2.29. The molecule has 0 bridgehead atoms. The quantitative estimate of drug-likeness (QED) is 0.231. The van der Waals surface area contributed by atoms with Crippen molar-refractivity contribution in [3.05, 3.63) is 0 Å². The summed E-state index contributed by atoms with van der Waals surface area (Å²) in [6.07, 6.45) is -0.175. The van der Waals surface area contributed by atoms with Gasteiger partial charge < -0.3 is 24.7 Å². The van der Waals surface area contributed by atoms with Crippen LogP contribution in [0.2, 0.25) is 0 Å². The van der Waals surface area contributed by atoms with Crippen LogP contribution in [0, 0.1) is 0 Å². The van der Waals surface area contributed by atoms with Crippen molar-refractivity contribution in [2.75, 3.05) is 52.5 Å². The van der Waals surface area contributed by atoms with Crippen LogP contribution >= 0.6 is 0 Å². The Morgan fingerprint density at radius 3 is 1.91 bits per heavy atom. The van der Waals surface area contributed by atoms with Crippen molar-refractivity contribution in [1.29, 1.82) is 0 Å². The molecule has 0 saturated carbocycles. The van der Waals surface area contributed by atoms with Crippen molar-refractivity contribution >= 4 is 17.9 Å². The maximum Gasteiger partial charge on any atom is 0.350 e. The summed E-state index contributed by atoms with van der Waals surface area (Å²) in [7, 11) is 0. The van der Waals surface area contributed by atoms with E-state index < -0.39 is 35.2 Å². The highest BCUT2D eigenvalue weighted by molar-refractivity contribution is 6.03. The molecule has 0 aromatic heterocycles. The zero-order valence-electron chi connectivity index (χ0n) is 22.1. The molecule has 0 aliphatic carbocycles. The van der Waals surface area contributed by atoms with Gasteiger partial charge in [-0.1, -0.05) is 0 Å². The van der Waals surface area contributed by atoms with E-state index >= 15 is 0 Å². The predicted octanol–water partition coefficient (Wildman–Crippen LogP) is 1.34. The molecule has 1 unspecified atom stereocenters. The lowest BCUT2D eigenvalue weighted by Crippen LogP contribution is -2.54. The Bertz CT molecular complexity index is 637. The number of nitrogens with zero attached hydrogens (tertiary/aromatic N) is 2. The first kappa shape index (κ1) is 30.3. The summed E-state index contributed by atoms with van der Waals surface area (Å²) in [5, 5.41) is 0. The van der Waals surface area contributed by atoms with Crippen molar-refractivity contribution in [3.8, 4) is 0 Å². The Kier molecular flexibility index (Phi) is 12.4. The average Bonchev–Trinajstić information content (AvgIpc) is 2.75. The Balaban J connectivity index is 2.91. The van der Waals surface area contributed by atoms with E-state index in [9.17, 15) is 14.4 Å². The number of carbonyl (C=O) groups excluding carboxylic acids is 3. The van der Waals surface area contributed by atoms with Crippen LogP contribution in [-0.2, 0) is 33.3 Å². The second kappa shape index (κ2) is 14.0. The molecule has 0 amide bonds. The van der Waals surface area contributed by atoms with Gasteiger partial charge in [0, 0.05) is 45.2 Å². The van der Waals surface area contributed by atoms with E-state index in [1.54, 1.807) is 34.6 Å². The van der Waals surface area contributed by atoms with Gasteiger partial charge in [0.15, 0.2) is 0 Å². The second-order valence-corrected chi connectivity index (χ2v) is 9.77. The summed E-state index contributed by atoms with van der Waals surface area (Å²) in [4.78, 5) is 42.9. The van der Waals surface area contributed by atoms with Crippen LogP contribution in [0.15, 0.2) is 0 Å². The van der Waals surface area contributed by atoms with Gasteiger partial charge in [0.2, 0.25) is 0 Å². The highest BCUT2D eigenvalue weighted by atomic mass is 16.6. The van der Waals surface area contributed by atoms with Crippen LogP contribution in [0.1, 0.15) is 61.3 Å². The number of hydrogen-bond donors (Lipinski definition) is 1. The van der Waals surface area contributed by atoms with Gasteiger partial charge in [0.25, 0.3) is 5.60 Å². The third kappa shape index (κ3) is 9.48. The average molecular weight is 488 g/mol. The molecule has 0 aromatic carbocycles. The molecule has 0 spiro atoms. The Hall–Kier alpha value is -1.75. The van der Waals surface area contributed by atoms with E-state index in [-0.39, 0.29) is 32.7 Å². The van der Waals surface area contributed by atoms with Crippen molar-refractivity contribution in [1.82, 2.24) is 9.80 Å². The number of rotatable bonds is 13. The summed E-state index contributed by atoms with van der Waals surface area (Å²) in [6.45, 7) is 17.3. The second-order valence-electron chi connectivity index (χ2n) is 9.77. The number of nitrogens with two attached hydrogens (primary N) is 1. The zero-order chi connectivity index (χ0) is 25.9. The number of esters is 3. The number of ether oxygens (including phenoxy) is 4. The van der Waals surface area contributed by atoms with Crippen LogP contribution in [-0.4, -0.2) is 104 Å². The van der Waals surface area contributed by atoms with Crippen LogP contribution in [0.4, 0.5) is 0 Å². The molecule has 1 aliphatic heterocycles. The smallest absolute Gasteiger partial charge is 0.350 e. The summed E-state index contributed by atoms with van der Waals surface area (Å²) in [5.41, 5.74) is 3.32. The summed E-state index contributed by atoms with van der Waals surface area (Å²) in [6, 6.07) is -0.539. The molecule has 0 radical (unpaired) electrons. The van der Waals surface area contributed by atoms with Crippen molar-refractivity contribution in [3.63, 3.8) is 0 Å². The molecule has 198 valence electrons. The zero-order valence-corrected chi connectivity index (χ0v) is 22.1. The third-order valence-electron chi connectivity index (χ3n) is 5.62. The van der Waals surface area contributed by atoms with Crippen LogP contribution in [0.25, 0.3) is 0 Å². The topological polar surface area (TPSA) is 121 Å². The molecule has 1 rings (SSSR count). The minimum Gasteiger partial charge on any atom is -0.463 e. The Morgan fingerprint density at radius 1 is 0.941 bits per heavy atom. The SMILES string of the molecule is CCOC(=O)C(CCC(N)C(=O)OC(C)(C)C)(OCCN1CCN(C(C)C)CC1)C(=O)OCC. The van der Waals surface area contributed by atoms with Gasteiger partial charge in [-0.15, -0.1) is 0 Å². The molecule has 1 atom stereocenters. The first-order chi connectivity index (χ1) is 15.9. The lowest BCUT2D eigenvalue weighted by molar-refractivity contribution is -0.193. The van der Waals surface area contributed by atoms with Crippen LogP contribution in [0.3, 0.4) is 0 Å². The minimum atomic E-state index is -1.99. The third-order valence-corrected chi connectivity index (χ3v) is 5.62. The fraction of sp³-hybridized carbons (Fsp3) is 0.875. The number of hydrogen-bond acceptors (Lipinski definition) is 10. The largest absolute Gasteiger partial charge is 0.463 e. The van der Waals surface area contributed by atoms with Gasteiger partial charge in [-0.05, 0) is 54.9 Å². The lowest BCUT2D eigenvalue weighted by atomic mass is 9.94. The Labute approximate surface area is 204 Å². The van der Waals surface area contributed by atoms with E-state index in [0.29, 0.717) is 12.6 Å². The van der Waals surface area contributed by atoms with Gasteiger partial charge in [0.05, 0.1) is 19.8 Å². The molecule has 0 aromatic rings. The maximum atomic E-state index is 13.0. The van der Waals surface area contributed by atoms with E-state index in [1.807, 2.05) is 0 Å². The maximum absolute atomic E-state index is 13.0. The molecule has 1 fully saturated rings. The van der Waals surface area contributed by atoms with E-state index in [0.717, 1.165) is 26.2 Å². The first-order valence-electron chi connectivity index (χ1n) is 12.3. The monoisotopic (exact) mass is 487 g/mol. The van der Waals surface area contributed by atoms with Crippen LogP contribution < -0.4 is 5.73 Å². The fourth-order valence-corrected chi connectivity index (χ4v) is 3.68. The van der Waals surface area contributed by atoms with Crippen molar-refractivity contribution < 1.29 is 33.3 Å². The van der Waals surface area contributed by atoms with E-state index in [2.05, 4.69) is 23.6 Å². The standard InChI is InChI=1S/C24H45N3O7/c1-8-31-21(29)24(22(30)32-9-2,11-10-19(25)20(28)34-23(5,6)7)33-17-16-26-12-14-27(15-13-26)18(3)4/h18-19H,8-17,25H2,1-7H3.